The van der Waals surface area contributed by atoms with Gasteiger partial charge in [0.2, 0.25) is 0 Å². The molecule has 1 atom stereocenters. The number of fused-ring (bicyclic) bond motifs is 1. The average Bonchev–Trinajstić information content (AvgIpc) is 3.34. The molecule has 2 aliphatic rings. The number of alkyl carbamates (subject to hydrolysis) is 1. The Morgan fingerprint density at radius 3 is 2.45 bits per heavy atom. The number of benzene rings is 1. The number of aromatic nitrogens is 3. The van der Waals surface area contributed by atoms with Gasteiger partial charge in [0.15, 0.2) is 5.65 Å². The molecule has 6 rings (SSSR count). The summed E-state index contributed by atoms with van der Waals surface area (Å²) >= 11 is 0. The van der Waals surface area contributed by atoms with E-state index in [0.29, 0.717) is 11.2 Å². The van der Waals surface area contributed by atoms with E-state index in [1.165, 1.54) is 0 Å². The maximum absolute atomic E-state index is 12.7. The highest BCUT2D eigenvalue weighted by Crippen LogP contribution is 2.43. The van der Waals surface area contributed by atoms with Crippen molar-refractivity contribution in [2.75, 3.05) is 0 Å². The number of primary amides is 1. The lowest BCUT2D eigenvalue weighted by molar-refractivity contribution is 0.0377. The molecular formula is C34H35N5O3. The molecule has 1 unspecified atom stereocenters. The number of nitrogens with two attached hydrogens (primary N) is 1. The second kappa shape index (κ2) is 10.6. The van der Waals surface area contributed by atoms with E-state index in [0.717, 1.165) is 59.3 Å². The molecule has 2 aliphatic carbocycles. The van der Waals surface area contributed by atoms with Crippen LogP contribution in [0.5, 0.6) is 0 Å². The molecule has 3 aromatic heterocycles. The van der Waals surface area contributed by atoms with E-state index < -0.39 is 23.1 Å². The molecular weight excluding hydrogens is 526 g/mol. The van der Waals surface area contributed by atoms with E-state index >= 15 is 0 Å². The maximum Gasteiger partial charge on any atom is 0.408 e. The number of allylic oxidation sites excluding steroid dienone is 4. The van der Waals surface area contributed by atoms with Crippen LogP contribution in [0.3, 0.4) is 0 Å². The van der Waals surface area contributed by atoms with Crippen molar-refractivity contribution in [3.63, 3.8) is 0 Å². The van der Waals surface area contributed by atoms with E-state index in [9.17, 15) is 9.59 Å². The lowest BCUT2D eigenvalue weighted by Crippen LogP contribution is -2.52. The number of amides is 2. The number of imidazole rings is 1. The van der Waals surface area contributed by atoms with Gasteiger partial charge in [0.25, 0.3) is 5.91 Å². The minimum Gasteiger partial charge on any atom is -0.444 e. The van der Waals surface area contributed by atoms with E-state index in [-0.39, 0.29) is 5.92 Å². The van der Waals surface area contributed by atoms with Gasteiger partial charge in [0.1, 0.15) is 5.60 Å². The molecule has 214 valence electrons. The third-order valence-corrected chi connectivity index (χ3v) is 8.01. The Hall–Kier alpha value is -4.72. The van der Waals surface area contributed by atoms with Gasteiger partial charge in [-0.05, 0) is 64.2 Å². The first-order valence-corrected chi connectivity index (χ1v) is 14.4. The molecule has 4 aromatic rings. The molecule has 0 bridgehead atoms. The first-order valence-electron chi connectivity index (χ1n) is 14.4. The molecule has 0 aliphatic heterocycles. The van der Waals surface area contributed by atoms with Crippen molar-refractivity contribution in [1.82, 2.24) is 19.7 Å². The van der Waals surface area contributed by atoms with Crippen LogP contribution < -0.4 is 11.1 Å². The van der Waals surface area contributed by atoms with Gasteiger partial charge < -0.3 is 20.2 Å². The van der Waals surface area contributed by atoms with Crippen LogP contribution in [-0.2, 0) is 10.3 Å². The number of rotatable bonds is 6. The first-order chi connectivity index (χ1) is 20.1. The van der Waals surface area contributed by atoms with Crippen molar-refractivity contribution >= 4 is 17.6 Å². The molecule has 42 heavy (non-hydrogen) atoms. The third kappa shape index (κ3) is 5.20. The smallest absolute Gasteiger partial charge is 0.408 e. The highest BCUT2D eigenvalue weighted by molar-refractivity contribution is 6.00. The predicted molar refractivity (Wildman–Crippen MR) is 163 cm³/mol. The summed E-state index contributed by atoms with van der Waals surface area (Å²) in [5.41, 5.74) is 11.2. The monoisotopic (exact) mass is 561 g/mol. The number of nitrogens with zero attached hydrogens (tertiary/aromatic N) is 3. The third-order valence-electron chi connectivity index (χ3n) is 8.01. The summed E-state index contributed by atoms with van der Waals surface area (Å²) in [7, 11) is 0. The zero-order chi connectivity index (χ0) is 29.5. The van der Waals surface area contributed by atoms with Gasteiger partial charge in [-0.2, -0.15) is 0 Å². The van der Waals surface area contributed by atoms with E-state index in [2.05, 4.69) is 34.6 Å². The summed E-state index contributed by atoms with van der Waals surface area (Å²) in [6, 6.07) is 13.8. The van der Waals surface area contributed by atoms with Crippen LogP contribution in [0.25, 0.3) is 28.0 Å². The summed E-state index contributed by atoms with van der Waals surface area (Å²) in [5, 5.41) is 3.13. The SMILES string of the molecule is CC(C)(C)OC(=O)NC1(c2ccc(-c3nc4c(C(N)=O)cc(-c5cccnc5)cn4c3C3C=CC=CC3)cc2)CCC1. The second-order valence-corrected chi connectivity index (χ2v) is 12.1. The number of nitrogens with one attached hydrogen (secondary N) is 1. The van der Waals surface area contributed by atoms with E-state index in [4.69, 9.17) is 15.5 Å². The molecule has 3 heterocycles. The van der Waals surface area contributed by atoms with Gasteiger partial charge in [-0.25, -0.2) is 9.78 Å². The van der Waals surface area contributed by atoms with Crippen molar-refractivity contribution in [3.8, 4) is 22.4 Å². The molecule has 1 saturated carbocycles. The Kier molecular flexibility index (Phi) is 6.93. The van der Waals surface area contributed by atoms with Crippen LogP contribution in [-0.4, -0.2) is 32.0 Å². The highest BCUT2D eigenvalue weighted by atomic mass is 16.6. The van der Waals surface area contributed by atoms with Gasteiger partial charge in [0, 0.05) is 41.2 Å². The van der Waals surface area contributed by atoms with Gasteiger partial charge in [-0.15, -0.1) is 0 Å². The number of hydrogen-bond acceptors (Lipinski definition) is 5. The van der Waals surface area contributed by atoms with Crippen LogP contribution in [0.1, 0.15) is 74.0 Å². The number of carbonyl (C=O) groups excluding carboxylic acids is 2. The second-order valence-electron chi connectivity index (χ2n) is 12.1. The maximum atomic E-state index is 12.7. The van der Waals surface area contributed by atoms with Crippen molar-refractivity contribution in [2.45, 2.75) is 63.5 Å². The summed E-state index contributed by atoms with van der Waals surface area (Å²) in [6.45, 7) is 5.59. The Bertz CT molecular complexity index is 1710. The fourth-order valence-corrected chi connectivity index (χ4v) is 5.85. The summed E-state index contributed by atoms with van der Waals surface area (Å²) in [6.07, 6.45) is 17.0. The van der Waals surface area contributed by atoms with Gasteiger partial charge in [-0.1, -0.05) is 54.6 Å². The topological polar surface area (TPSA) is 112 Å². The summed E-state index contributed by atoms with van der Waals surface area (Å²) < 4.78 is 7.57. The van der Waals surface area contributed by atoms with E-state index in [1.54, 1.807) is 18.5 Å². The zero-order valence-corrected chi connectivity index (χ0v) is 24.1. The van der Waals surface area contributed by atoms with Crippen LogP contribution in [0.4, 0.5) is 4.79 Å². The molecule has 8 nitrogen and oxygen atoms in total. The largest absolute Gasteiger partial charge is 0.444 e. The summed E-state index contributed by atoms with van der Waals surface area (Å²) in [4.78, 5) is 34.6. The molecule has 2 amide bonds. The molecule has 1 fully saturated rings. The van der Waals surface area contributed by atoms with Gasteiger partial charge in [0.05, 0.1) is 22.5 Å². The van der Waals surface area contributed by atoms with E-state index in [1.807, 2.05) is 67.8 Å². The van der Waals surface area contributed by atoms with Crippen LogP contribution in [0.15, 0.2) is 85.4 Å². The van der Waals surface area contributed by atoms with Crippen LogP contribution in [0, 0.1) is 0 Å². The molecule has 3 N–H and O–H groups in total. The molecule has 0 spiro atoms. The lowest BCUT2D eigenvalue weighted by Gasteiger charge is -2.43. The number of carbonyl (C=O) groups is 2. The van der Waals surface area contributed by atoms with Crippen molar-refractivity contribution < 1.29 is 14.3 Å². The Labute approximate surface area is 245 Å². The lowest BCUT2D eigenvalue weighted by atomic mass is 9.71. The highest BCUT2D eigenvalue weighted by Gasteiger charge is 2.41. The van der Waals surface area contributed by atoms with Gasteiger partial charge in [-0.3, -0.25) is 9.78 Å². The Morgan fingerprint density at radius 2 is 1.86 bits per heavy atom. The first kappa shape index (κ1) is 27.4. The number of pyridine rings is 2. The molecule has 8 heteroatoms. The zero-order valence-electron chi connectivity index (χ0n) is 24.1. The number of ether oxygens (including phenoxy) is 1. The number of hydrogen-bond donors (Lipinski definition) is 2. The standard InChI is InChI=1S/C34H35N5O3/c1-33(2,3)42-32(41)38-34(16-8-17-34)26-14-12-22(13-15-26)28-29(23-9-5-4-6-10-23)39-21-25(24-11-7-18-36-20-24)19-27(30(35)40)31(39)37-28/h4-7,9,11-15,18-21,23H,8,10,16-17H2,1-3H3,(H2,35,40)(H,38,41). The molecule has 0 saturated heterocycles. The van der Waals surface area contributed by atoms with Crippen LogP contribution in [0.2, 0.25) is 0 Å². The summed E-state index contributed by atoms with van der Waals surface area (Å²) in [5.74, 6) is -0.486. The Morgan fingerprint density at radius 1 is 1.07 bits per heavy atom. The Balaban J connectivity index is 1.45. The fraction of sp³-hybridized carbons (Fsp3) is 0.294. The minimum atomic E-state index is -0.568. The fourth-order valence-electron chi connectivity index (χ4n) is 5.85. The average molecular weight is 562 g/mol. The van der Waals surface area contributed by atoms with Crippen molar-refractivity contribution in [2.24, 2.45) is 5.73 Å². The van der Waals surface area contributed by atoms with Crippen molar-refractivity contribution in [3.05, 3.63) is 102 Å². The van der Waals surface area contributed by atoms with Crippen molar-refractivity contribution in [1.29, 1.82) is 0 Å². The predicted octanol–water partition coefficient (Wildman–Crippen LogP) is 6.67. The van der Waals surface area contributed by atoms with Gasteiger partial charge >= 0.3 is 6.09 Å². The normalized spacial score (nSPS) is 17.5. The van der Waals surface area contributed by atoms with Crippen LogP contribution >= 0.6 is 0 Å². The molecule has 0 radical (unpaired) electrons. The minimum absolute atomic E-state index is 0.0522. The molecule has 1 aromatic carbocycles. The quantitative estimate of drug-likeness (QED) is 0.273.